The lowest BCUT2D eigenvalue weighted by molar-refractivity contribution is 0.320. The van der Waals surface area contributed by atoms with Gasteiger partial charge in [-0.15, -0.1) is 0 Å². The van der Waals surface area contributed by atoms with Crippen molar-refractivity contribution in [1.82, 2.24) is 9.78 Å². The molecule has 0 spiro atoms. The number of nitrogens with two attached hydrogens (primary N) is 1. The Morgan fingerprint density at radius 2 is 2.24 bits per heavy atom. The van der Waals surface area contributed by atoms with Crippen molar-refractivity contribution in [2.45, 2.75) is 6.42 Å². The molecule has 2 N–H and O–H groups in total. The van der Waals surface area contributed by atoms with Crippen molar-refractivity contribution in [1.29, 1.82) is 0 Å². The molecule has 0 saturated heterocycles. The molecule has 0 aliphatic heterocycles. The first-order chi connectivity index (χ1) is 10.2. The highest BCUT2D eigenvalue weighted by molar-refractivity contribution is 5.50. The molecule has 0 aliphatic rings. The van der Waals surface area contributed by atoms with Crippen molar-refractivity contribution < 1.29 is 9.47 Å². The van der Waals surface area contributed by atoms with E-state index in [2.05, 4.69) is 16.9 Å². The van der Waals surface area contributed by atoms with E-state index in [4.69, 9.17) is 15.2 Å². The minimum absolute atomic E-state index is 0.312. The van der Waals surface area contributed by atoms with Crippen molar-refractivity contribution in [3.8, 4) is 23.3 Å². The lowest BCUT2D eigenvalue weighted by atomic mass is 10.2. The van der Waals surface area contributed by atoms with Gasteiger partial charge < -0.3 is 15.2 Å². The number of aromatic nitrogens is 2. The van der Waals surface area contributed by atoms with E-state index < -0.39 is 0 Å². The fourth-order valence-electron chi connectivity index (χ4n) is 1.89. The van der Waals surface area contributed by atoms with E-state index in [0.717, 1.165) is 29.0 Å². The molecule has 5 heteroatoms. The highest BCUT2D eigenvalue weighted by Crippen LogP contribution is 2.23. The molecule has 2 rings (SSSR count). The molecule has 1 aromatic heterocycles. The van der Waals surface area contributed by atoms with Gasteiger partial charge in [0.2, 0.25) is 0 Å². The number of ether oxygens (including phenoxy) is 2. The molecule has 0 saturated carbocycles. The number of rotatable bonds is 5. The van der Waals surface area contributed by atoms with Crippen LogP contribution in [0.5, 0.6) is 11.5 Å². The molecule has 110 valence electrons. The van der Waals surface area contributed by atoms with Gasteiger partial charge in [-0.2, -0.15) is 5.10 Å². The first-order valence-corrected chi connectivity index (χ1v) is 6.70. The second kappa shape index (κ2) is 7.36. The van der Waals surface area contributed by atoms with Gasteiger partial charge in [-0.25, -0.2) is 0 Å². The Kier molecular flexibility index (Phi) is 5.24. The normalized spacial score (nSPS) is 9.86. The van der Waals surface area contributed by atoms with Gasteiger partial charge in [0.05, 0.1) is 32.0 Å². The Hall–Kier alpha value is -2.45. The largest absolute Gasteiger partial charge is 0.497 e. The third-order valence-electron chi connectivity index (χ3n) is 2.92. The van der Waals surface area contributed by atoms with E-state index in [1.807, 2.05) is 37.6 Å². The van der Waals surface area contributed by atoms with Crippen LogP contribution >= 0.6 is 0 Å². The van der Waals surface area contributed by atoms with Crippen molar-refractivity contribution in [3.63, 3.8) is 0 Å². The summed E-state index contributed by atoms with van der Waals surface area (Å²) in [6.45, 7) is 0.877. The Morgan fingerprint density at radius 3 is 2.90 bits per heavy atom. The average molecular weight is 285 g/mol. The van der Waals surface area contributed by atoms with E-state index in [1.54, 1.807) is 11.8 Å². The predicted octanol–water partition coefficient (Wildman–Crippen LogP) is 1.36. The summed E-state index contributed by atoms with van der Waals surface area (Å²) < 4.78 is 12.8. The van der Waals surface area contributed by atoms with Crippen LogP contribution in [-0.4, -0.2) is 30.0 Å². The summed E-state index contributed by atoms with van der Waals surface area (Å²) in [6, 6.07) is 5.57. The van der Waals surface area contributed by atoms with Gasteiger partial charge in [0.25, 0.3) is 0 Å². The molecule has 0 fully saturated rings. The fraction of sp³-hybridized carbons (Fsp3) is 0.312. The monoisotopic (exact) mass is 285 g/mol. The van der Waals surface area contributed by atoms with Crippen LogP contribution in [0, 0.1) is 11.8 Å². The highest BCUT2D eigenvalue weighted by Gasteiger charge is 2.04. The second-order valence-electron chi connectivity index (χ2n) is 4.49. The van der Waals surface area contributed by atoms with Crippen LogP contribution in [-0.2, 0) is 13.5 Å². The van der Waals surface area contributed by atoms with Gasteiger partial charge in [-0.1, -0.05) is 11.8 Å². The Balaban J connectivity index is 2.04. The van der Waals surface area contributed by atoms with Gasteiger partial charge in [0, 0.05) is 19.7 Å². The molecule has 1 aromatic carbocycles. The summed E-state index contributed by atoms with van der Waals surface area (Å²) in [4.78, 5) is 0. The molecular weight excluding hydrogens is 266 g/mol. The predicted molar refractivity (Wildman–Crippen MR) is 81.3 cm³/mol. The molecule has 2 aromatic rings. The van der Waals surface area contributed by atoms with Crippen LogP contribution in [0.3, 0.4) is 0 Å². The van der Waals surface area contributed by atoms with Crippen LogP contribution in [0.1, 0.15) is 11.1 Å². The molecule has 0 amide bonds. The lowest BCUT2D eigenvalue weighted by Crippen LogP contribution is -2.02. The number of hydrogen-bond acceptors (Lipinski definition) is 4. The Morgan fingerprint density at radius 1 is 1.38 bits per heavy atom. The number of hydrogen-bond donors (Lipinski definition) is 1. The SMILES string of the molecule is COc1ccc(OCCc2cnn(C)c2)c(C#CCN)c1. The number of methoxy groups -OCH3 is 1. The molecule has 21 heavy (non-hydrogen) atoms. The average Bonchev–Trinajstić information content (AvgIpc) is 2.91. The van der Waals surface area contributed by atoms with E-state index >= 15 is 0 Å². The standard InChI is InChI=1S/C16H19N3O2/c1-19-12-13(11-18-19)7-9-21-16-6-5-15(20-2)10-14(16)4-3-8-17/h5-6,10-12H,7-9,17H2,1-2H3. The van der Waals surface area contributed by atoms with Crippen molar-refractivity contribution in [3.05, 3.63) is 41.7 Å². The minimum Gasteiger partial charge on any atom is -0.497 e. The fourth-order valence-corrected chi connectivity index (χ4v) is 1.89. The first kappa shape index (κ1) is 14.9. The maximum atomic E-state index is 5.81. The van der Waals surface area contributed by atoms with Crippen molar-refractivity contribution in [2.75, 3.05) is 20.3 Å². The number of nitrogens with zero attached hydrogens (tertiary/aromatic N) is 2. The van der Waals surface area contributed by atoms with Crippen LogP contribution < -0.4 is 15.2 Å². The van der Waals surface area contributed by atoms with Crippen LogP contribution in [0.4, 0.5) is 0 Å². The molecule has 0 aliphatic carbocycles. The highest BCUT2D eigenvalue weighted by atomic mass is 16.5. The maximum Gasteiger partial charge on any atom is 0.135 e. The summed E-state index contributed by atoms with van der Waals surface area (Å²) in [6.07, 6.45) is 4.61. The van der Waals surface area contributed by atoms with E-state index in [1.165, 1.54) is 0 Å². The Labute approximate surface area is 124 Å². The zero-order valence-corrected chi connectivity index (χ0v) is 12.3. The molecule has 0 atom stereocenters. The first-order valence-electron chi connectivity index (χ1n) is 6.70. The van der Waals surface area contributed by atoms with Gasteiger partial charge in [0.1, 0.15) is 11.5 Å². The number of aryl methyl sites for hydroxylation is 1. The van der Waals surface area contributed by atoms with E-state index in [0.29, 0.717) is 13.2 Å². The molecule has 0 radical (unpaired) electrons. The van der Waals surface area contributed by atoms with E-state index in [9.17, 15) is 0 Å². The Bertz CT molecular complexity index is 653. The van der Waals surface area contributed by atoms with Gasteiger partial charge in [-0.3, -0.25) is 4.68 Å². The van der Waals surface area contributed by atoms with Crippen LogP contribution in [0.25, 0.3) is 0 Å². The van der Waals surface area contributed by atoms with Gasteiger partial charge in [-0.05, 0) is 23.8 Å². The van der Waals surface area contributed by atoms with Crippen molar-refractivity contribution >= 4 is 0 Å². The number of benzene rings is 1. The summed E-state index contributed by atoms with van der Waals surface area (Å²) in [5, 5.41) is 4.13. The van der Waals surface area contributed by atoms with Crippen LogP contribution in [0.15, 0.2) is 30.6 Å². The smallest absolute Gasteiger partial charge is 0.135 e. The third kappa shape index (κ3) is 4.26. The van der Waals surface area contributed by atoms with Crippen molar-refractivity contribution in [2.24, 2.45) is 12.8 Å². The molecule has 0 bridgehead atoms. The summed E-state index contributed by atoms with van der Waals surface area (Å²) in [7, 11) is 3.52. The molecule has 5 nitrogen and oxygen atoms in total. The van der Waals surface area contributed by atoms with Gasteiger partial charge in [0.15, 0.2) is 0 Å². The second-order valence-corrected chi connectivity index (χ2v) is 4.49. The lowest BCUT2D eigenvalue weighted by Gasteiger charge is -2.09. The van der Waals surface area contributed by atoms with Crippen LogP contribution in [0.2, 0.25) is 0 Å². The summed E-state index contributed by atoms with van der Waals surface area (Å²) in [5.74, 6) is 7.32. The zero-order valence-electron chi connectivity index (χ0n) is 12.3. The quantitative estimate of drug-likeness (QED) is 0.843. The zero-order chi connectivity index (χ0) is 15.1. The van der Waals surface area contributed by atoms with E-state index in [-0.39, 0.29) is 0 Å². The molecule has 0 unspecified atom stereocenters. The summed E-state index contributed by atoms with van der Waals surface area (Å²) >= 11 is 0. The van der Waals surface area contributed by atoms with Gasteiger partial charge >= 0.3 is 0 Å². The molecule has 1 heterocycles. The third-order valence-corrected chi connectivity index (χ3v) is 2.92. The molecular formula is C16H19N3O2. The maximum absolute atomic E-state index is 5.81. The summed E-state index contributed by atoms with van der Waals surface area (Å²) in [5.41, 5.74) is 7.34. The topological polar surface area (TPSA) is 62.3 Å². The minimum atomic E-state index is 0.312.